The highest BCUT2D eigenvalue weighted by molar-refractivity contribution is 5.28. The Morgan fingerprint density at radius 3 is 2.48 bits per heavy atom. The van der Waals surface area contributed by atoms with Gasteiger partial charge in [-0.2, -0.15) is 0 Å². The monoisotopic (exact) mass is 292 g/mol. The van der Waals surface area contributed by atoms with Gasteiger partial charge in [0.25, 0.3) is 0 Å². The summed E-state index contributed by atoms with van der Waals surface area (Å²) in [6.45, 7) is 14.9. The first kappa shape index (κ1) is 18.0. The van der Waals surface area contributed by atoms with Crippen molar-refractivity contribution in [3.63, 3.8) is 0 Å². The van der Waals surface area contributed by atoms with Crippen LogP contribution in [0.3, 0.4) is 0 Å². The molecule has 0 bridgehead atoms. The molecule has 0 aliphatic rings. The smallest absolute Gasteiger partial charge is 0.119 e. The highest BCUT2D eigenvalue weighted by Gasteiger charge is 2.11. The number of ether oxygens (including phenoxy) is 1. The van der Waals surface area contributed by atoms with E-state index in [4.69, 9.17) is 4.74 Å². The molecular weight excluding hydrogens is 260 g/mol. The SMILES string of the molecule is CCCOc1cccc(CNCCN(C(C)C)C(C)C)c1. The van der Waals surface area contributed by atoms with Crippen LogP contribution in [0.4, 0.5) is 0 Å². The summed E-state index contributed by atoms with van der Waals surface area (Å²) in [7, 11) is 0. The molecule has 0 radical (unpaired) electrons. The number of nitrogens with one attached hydrogen (secondary N) is 1. The topological polar surface area (TPSA) is 24.5 Å². The normalized spacial score (nSPS) is 11.6. The Morgan fingerprint density at radius 1 is 1.14 bits per heavy atom. The molecule has 0 saturated heterocycles. The fourth-order valence-corrected chi connectivity index (χ4v) is 2.52. The molecule has 3 heteroatoms. The number of rotatable bonds is 10. The van der Waals surface area contributed by atoms with E-state index < -0.39 is 0 Å². The summed E-state index contributed by atoms with van der Waals surface area (Å²) in [5, 5.41) is 3.53. The lowest BCUT2D eigenvalue weighted by molar-refractivity contribution is 0.176. The minimum atomic E-state index is 0.595. The second-order valence-electron chi connectivity index (χ2n) is 6.10. The molecule has 1 N–H and O–H groups in total. The second kappa shape index (κ2) is 9.80. The molecule has 0 fully saturated rings. The summed E-state index contributed by atoms with van der Waals surface area (Å²) in [5.74, 6) is 0.974. The standard InChI is InChI=1S/C18H32N2O/c1-6-12-21-18-9-7-8-17(13-18)14-19-10-11-20(15(2)3)16(4)5/h7-9,13,15-16,19H,6,10-12,14H2,1-5H3. The quantitative estimate of drug-likeness (QED) is 0.666. The van der Waals surface area contributed by atoms with E-state index in [0.717, 1.165) is 38.4 Å². The predicted octanol–water partition coefficient (Wildman–Crippen LogP) is 3.68. The average Bonchev–Trinajstić information content (AvgIpc) is 2.44. The molecule has 1 rings (SSSR count). The molecule has 0 aliphatic carbocycles. The minimum Gasteiger partial charge on any atom is -0.494 e. The molecule has 21 heavy (non-hydrogen) atoms. The van der Waals surface area contributed by atoms with Gasteiger partial charge < -0.3 is 10.1 Å². The van der Waals surface area contributed by atoms with Crippen molar-refractivity contribution in [3.8, 4) is 5.75 Å². The summed E-state index contributed by atoms with van der Waals surface area (Å²) >= 11 is 0. The zero-order chi connectivity index (χ0) is 15.7. The van der Waals surface area contributed by atoms with Crippen molar-refractivity contribution >= 4 is 0 Å². The molecule has 1 aromatic carbocycles. The highest BCUT2D eigenvalue weighted by Crippen LogP contribution is 2.13. The summed E-state index contributed by atoms with van der Waals surface area (Å²) in [4.78, 5) is 2.51. The molecular formula is C18H32N2O. The van der Waals surface area contributed by atoms with E-state index in [2.05, 4.69) is 63.0 Å². The van der Waals surface area contributed by atoms with Crippen LogP contribution in [0.25, 0.3) is 0 Å². The van der Waals surface area contributed by atoms with Crippen LogP contribution < -0.4 is 10.1 Å². The third-order valence-corrected chi connectivity index (χ3v) is 3.57. The number of hydrogen-bond acceptors (Lipinski definition) is 3. The maximum atomic E-state index is 5.67. The Morgan fingerprint density at radius 2 is 1.86 bits per heavy atom. The van der Waals surface area contributed by atoms with Gasteiger partial charge in [-0.15, -0.1) is 0 Å². The van der Waals surface area contributed by atoms with Gasteiger partial charge in [0.05, 0.1) is 6.61 Å². The van der Waals surface area contributed by atoms with Crippen molar-refractivity contribution in [1.82, 2.24) is 10.2 Å². The van der Waals surface area contributed by atoms with E-state index in [0.29, 0.717) is 12.1 Å². The van der Waals surface area contributed by atoms with Crippen molar-refractivity contribution in [3.05, 3.63) is 29.8 Å². The van der Waals surface area contributed by atoms with E-state index in [1.807, 2.05) is 6.07 Å². The van der Waals surface area contributed by atoms with Gasteiger partial charge >= 0.3 is 0 Å². The van der Waals surface area contributed by atoms with Crippen LogP contribution in [0.2, 0.25) is 0 Å². The fourth-order valence-electron chi connectivity index (χ4n) is 2.52. The Bertz CT molecular complexity index is 383. The molecule has 0 unspecified atom stereocenters. The molecule has 120 valence electrons. The van der Waals surface area contributed by atoms with Crippen LogP contribution in [0.15, 0.2) is 24.3 Å². The Kier molecular flexibility index (Phi) is 8.40. The average molecular weight is 292 g/mol. The molecule has 0 saturated carbocycles. The first-order chi connectivity index (χ1) is 10.0. The third-order valence-electron chi connectivity index (χ3n) is 3.57. The molecule has 0 aromatic heterocycles. The summed E-state index contributed by atoms with van der Waals surface area (Å²) in [5.41, 5.74) is 1.28. The first-order valence-corrected chi connectivity index (χ1v) is 8.22. The zero-order valence-corrected chi connectivity index (χ0v) is 14.4. The molecule has 1 aromatic rings. The van der Waals surface area contributed by atoms with Crippen molar-refractivity contribution in [2.45, 2.75) is 59.7 Å². The largest absolute Gasteiger partial charge is 0.494 e. The van der Waals surface area contributed by atoms with Crippen molar-refractivity contribution in [1.29, 1.82) is 0 Å². The summed E-state index contributed by atoms with van der Waals surface area (Å²) in [6.07, 6.45) is 1.04. The van der Waals surface area contributed by atoms with Crippen molar-refractivity contribution in [2.75, 3.05) is 19.7 Å². The highest BCUT2D eigenvalue weighted by atomic mass is 16.5. The molecule has 0 atom stereocenters. The van der Waals surface area contributed by atoms with Crippen molar-refractivity contribution in [2.24, 2.45) is 0 Å². The van der Waals surface area contributed by atoms with Crippen LogP contribution >= 0.6 is 0 Å². The molecule has 0 amide bonds. The maximum absolute atomic E-state index is 5.67. The number of benzene rings is 1. The van der Waals surface area contributed by atoms with Gasteiger partial charge in [0.2, 0.25) is 0 Å². The minimum absolute atomic E-state index is 0.595. The van der Waals surface area contributed by atoms with Gasteiger partial charge in [-0.25, -0.2) is 0 Å². The fraction of sp³-hybridized carbons (Fsp3) is 0.667. The van der Waals surface area contributed by atoms with Crippen LogP contribution in [0.5, 0.6) is 5.75 Å². The molecule has 3 nitrogen and oxygen atoms in total. The Hall–Kier alpha value is -1.06. The van der Waals surface area contributed by atoms with Gasteiger partial charge in [-0.1, -0.05) is 19.1 Å². The van der Waals surface area contributed by atoms with E-state index >= 15 is 0 Å². The molecule has 0 spiro atoms. The molecule has 0 heterocycles. The van der Waals surface area contributed by atoms with E-state index in [1.54, 1.807) is 0 Å². The summed E-state index contributed by atoms with van der Waals surface area (Å²) in [6, 6.07) is 9.56. The van der Waals surface area contributed by atoms with Crippen LogP contribution in [-0.4, -0.2) is 36.7 Å². The van der Waals surface area contributed by atoms with Crippen LogP contribution in [-0.2, 0) is 6.54 Å². The first-order valence-electron chi connectivity index (χ1n) is 8.22. The van der Waals surface area contributed by atoms with E-state index in [1.165, 1.54) is 5.56 Å². The number of hydrogen-bond donors (Lipinski definition) is 1. The summed E-state index contributed by atoms with van der Waals surface area (Å²) < 4.78 is 5.67. The Labute approximate surface area is 130 Å². The molecule has 0 aliphatic heterocycles. The van der Waals surface area contributed by atoms with Crippen LogP contribution in [0, 0.1) is 0 Å². The second-order valence-corrected chi connectivity index (χ2v) is 6.10. The lowest BCUT2D eigenvalue weighted by Gasteiger charge is -2.30. The number of nitrogens with zero attached hydrogens (tertiary/aromatic N) is 1. The third kappa shape index (κ3) is 6.96. The van der Waals surface area contributed by atoms with Gasteiger partial charge in [0.15, 0.2) is 0 Å². The Balaban J connectivity index is 2.35. The maximum Gasteiger partial charge on any atom is 0.119 e. The van der Waals surface area contributed by atoms with Gasteiger partial charge in [-0.3, -0.25) is 4.90 Å². The van der Waals surface area contributed by atoms with Crippen LogP contribution in [0.1, 0.15) is 46.6 Å². The zero-order valence-electron chi connectivity index (χ0n) is 14.4. The lowest BCUT2D eigenvalue weighted by Crippen LogP contribution is -2.41. The van der Waals surface area contributed by atoms with Gasteiger partial charge in [-0.05, 0) is 51.8 Å². The van der Waals surface area contributed by atoms with Crippen molar-refractivity contribution < 1.29 is 4.74 Å². The van der Waals surface area contributed by atoms with E-state index in [9.17, 15) is 0 Å². The van der Waals surface area contributed by atoms with E-state index in [-0.39, 0.29) is 0 Å². The predicted molar refractivity (Wildman–Crippen MR) is 90.9 cm³/mol. The van der Waals surface area contributed by atoms with Gasteiger partial charge in [0, 0.05) is 31.7 Å². The lowest BCUT2D eigenvalue weighted by atomic mass is 10.2. The van der Waals surface area contributed by atoms with Gasteiger partial charge in [0.1, 0.15) is 5.75 Å².